The van der Waals surface area contributed by atoms with Crippen LogP contribution in [0, 0.1) is 11.8 Å². The van der Waals surface area contributed by atoms with Gasteiger partial charge in [-0.2, -0.15) is 0 Å². The lowest BCUT2D eigenvalue weighted by Crippen LogP contribution is -2.48. The summed E-state index contributed by atoms with van der Waals surface area (Å²) in [6.45, 7) is 3.15. The summed E-state index contributed by atoms with van der Waals surface area (Å²) in [7, 11) is 1.31. The van der Waals surface area contributed by atoms with Gasteiger partial charge in [0.1, 0.15) is 5.92 Å². The number of carbonyl (C=O) groups is 2. The van der Waals surface area contributed by atoms with Gasteiger partial charge in [-0.3, -0.25) is 9.59 Å². The highest BCUT2D eigenvalue weighted by Gasteiger charge is 2.51. The first kappa shape index (κ1) is 14.5. The molecule has 19 heavy (non-hydrogen) atoms. The minimum Gasteiger partial charge on any atom is -0.468 e. The van der Waals surface area contributed by atoms with Crippen molar-refractivity contribution < 1.29 is 23.8 Å². The van der Waals surface area contributed by atoms with Gasteiger partial charge < -0.3 is 14.2 Å². The second-order valence-corrected chi connectivity index (χ2v) is 5.33. The van der Waals surface area contributed by atoms with Gasteiger partial charge in [-0.05, 0) is 6.42 Å². The molecule has 5 heteroatoms. The molecule has 1 aliphatic heterocycles. The fourth-order valence-corrected chi connectivity index (χ4v) is 3.02. The van der Waals surface area contributed by atoms with Crippen LogP contribution in [-0.4, -0.2) is 37.9 Å². The normalized spacial score (nSPS) is 29.7. The molecule has 1 aliphatic carbocycles. The van der Waals surface area contributed by atoms with Gasteiger partial charge in [0, 0.05) is 18.8 Å². The number of hydrogen-bond acceptors (Lipinski definition) is 5. The number of unbranched alkanes of at least 4 members (excludes halogenated alkanes) is 1. The quantitative estimate of drug-likeness (QED) is 0.574. The number of ketones is 1. The van der Waals surface area contributed by atoms with Crippen LogP contribution in [0.2, 0.25) is 0 Å². The Morgan fingerprint density at radius 2 is 2.05 bits per heavy atom. The summed E-state index contributed by atoms with van der Waals surface area (Å²) in [6.07, 6.45) is 3.65. The van der Waals surface area contributed by atoms with E-state index in [4.69, 9.17) is 14.2 Å². The lowest BCUT2D eigenvalue weighted by Gasteiger charge is -2.38. The third kappa shape index (κ3) is 2.98. The smallest absolute Gasteiger partial charge is 0.316 e. The predicted octanol–water partition coefficient (Wildman–Crippen LogP) is 1.69. The van der Waals surface area contributed by atoms with E-state index in [0.29, 0.717) is 26.1 Å². The maximum atomic E-state index is 12.4. The van der Waals surface area contributed by atoms with Crippen LogP contribution in [0.25, 0.3) is 0 Å². The van der Waals surface area contributed by atoms with Crippen LogP contribution in [0.3, 0.4) is 0 Å². The molecular weight excluding hydrogens is 248 g/mol. The third-order valence-corrected chi connectivity index (χ3v) is 4.02. The van der Waals surface area contributed by atoms with E-state index in [2.05, 4.69) is 6.92 Å². The first-order chi connectivity index (χ1) is 9.12. The van der Waals surface area contributed by atoms with Crippen molar-refractivity contribution in [3.8, 4) is 0 Å². The van der Waals surface area contributed by atoms with E-state index in [9.17, 15) is 9.59 Å². The Morgan fingerprint density at radius 3 is 2.63 bits per heavy atom. The summed E-state index contributed by atoms with van der Waals surface area (Å²) < 4.78 is 16.1. The second kappa shape index (κ2) is 6.01. The third-order valence-electron chi connectivity index (χ3n) is 4.02. The van der Waals surface area contributed by atoms with Crippen LogP contribution >= 0.6 is 0 Å². The molecule has 1 spiro atoms. The van der Waals surface area contributed by atoms with Crippen molar-refractivity contribution >= 4 is 11.8 Å². The number of rotatable bonds is 4. The Bertz CT molecular complexity index is 346. The molecule has 1 saturated carbocycles. The summed E-state index contributed by atoms with van der Waals surface area (Å²) >= 11 is 0. The number of ether oxygens (including phenoxy) is 3. The Kier molecular flexibility index (Phi) is 4.58. The average molecular weight is 270 g/mol. The van der Waals surface area contributed by atoms with Crippen molar-refractivity contribution in [3.05, 3.63) is 0 Å². The van der Waals surface area contributed by atoms with Gasteiger partial charge in [-0.25, -0.2) is 0 Å². The lowest BCUT2D eigenvalue weighted by molar-refractivity contribution is -0.203. The lowest BCUT2D eigenvalue weighted by atomic mass is 9.74. The molecule has 1 saturated heterocycles. The highest BCUT2D eigenvalue weighted by Crippen LogP contribution is 2.41. The van der Waals surface area contributed by atoms with Crippen LogP contribution in [0.5, 0.6) is 0 Å². The Morgan fingerprint density at radius 1 is 1.37 bits per heavy atom. The fraction of sp³-hybridized carbons (Fsp3) is 0.857. The predicted molar refractivity (Wildman–Crippen MR) is 67.4 cm³/mol. The maximum Gasteiger partial charge on any atom is 0.316 e. The van der Waals surface area contributed by atoms with E-state index in [1.807, 2.05) is 0 Å². The van der Waals surface area contributed by atoms with Crippen molar-refractivity contribution in [2.24, 2.45) is 11.8 Å². The minimum atomic E-state index is -0.745. The molecule has 2 fully saturated rings. The Balaban J connectivity index is 2.14. The minimum absolute atomic E-state index is 0.00924. The van der Waals surface area contributed by atoms with Crippen LogP contribution in [0.4, 0.5) is 0 Å². The summed E-state index contributed by atoms with van der Waals surface area (Å²) in [5.74, 6) is -2.12. The molecule has 0 radical (unpaired) electrons. The number of hydrogen-bond donors (Lipinski definition) is 0. The van der Waals surface area contributed by atoms with Crippen LogP contribution in [-0.2, 0) is 23.8 Å². The van der Waals surface area contributed by atoms with Crippen molar-refractivity contribution in [2.75, 3.05) is 20.3 Å². The standard InChI is InChI=1S/C14H22O5/c1-3-4-5-10-8-14(18-6-7-19-14)9-11(12(10)15)13(16)17-2/h10-11H,3-9H2,1-2H3. The van der Waals surface area contributed by atoms with Gasteiger partial charge in [-0.1, -0.05) is 19.8 Å². The highest BCUT2D eigenvalue weighted by atomic mass is 16.7. The van der Waals surface area contributed by atoms with Crippen molar-refractivity contribution in [3.63, 3.8) is 0 Å². The first-order valence-corrected chi connectivity index (χ1v) is 7.01. The molecule has 0 bridgehead atoms. The van der Waals surface area contributed by atoms with Gasteiger partial charge in [0.2, 0.25) is 0 Å². The molecule has 1 heterocycles. The summed E-state index contributed by atoms with van der Waals surface area (Å²) in [5.41, 5.74) is 0. The second-order valence-electron chi connectivity index (χ2n) is 5.33. The molecule has 0 N–H and O–H groups in total. The Labute approximate surface area is 113 Å². The molecule has 2 aliphatic rings. The monoisotopic (exact) mass is 270 g/mol. The summed E-state index contributed by atoms with van der Waals surface area (Å²) in [6, 6.07) is 0. The SMILES string of the molecule is CCCCC1CC2(CC(C(=O)OC)C1=O)OCCO2. The molecule has 2 rings (SSSR count). The molecule has 2 unspecified atom stereocenters. The molecule has 5 nitrogen and oxygen atoms in total. The summed E-state index contributed by atoms with van der Waals surface area (Å²) in [4.78, 5) is 24.1. The van der Waals surface area contributed by atoms with Crippen LogP contribution in [0.15, 0.2) is 0 Å². The van der Waals surface area contributed by atoms with Gasteiger partial charge >= 0.3 is 5.97 Å². The first-order valence-electron chi connectivity index (χ1n) is 7.01. The van der Waals surface area contributed by atoms with Crippen LogP contribution in [0.1, 0.15) is 39.0 Å². The maximum absolute atomic E-state index is 12.4. The summed E-state index contributed by atoms with van der Waals surface area (Å²) in [5, 5.41) is 0. The van der Waals surface area contributed by atoms with Crippen molar-refractivity contribution in [2.45, 2.75) is 44.8 Å². The molecule has 2 atom stereocenters. The van der Waals surface area contributed by atoms with Gasteiger partial charge in [0.05, 0.1) is 20.3 Å². The molecule has 0 amide bonds. The van der Waals surface area contributed by atoms with Gasteiger partial charge in [-0.15, -0.1) is 0 Å². The molecule has 0 aromatic carbocycles. The van der Waals surface area contributed by atoms with Crippen molar-refractivity contribution in [1.82, 2.24) is 0 Å². The van der Waals surface area contributed by atoms with E-state index in [0.717, 1.165) is 19.3 Å². The van der Waals surface area contributed by atoms with Crippen molar-refractivity contribution in [1.29, 1.82) is 0 Å². The van der Waals surface area contributed by atoms with Gasteiger partial charge in [0.25, 0.3) is 0 Å². The van der Waals surface area contributed by atoms with E-state index in [1.54, 1.807) is 0 Å². The largest absolute Gasteiger partial charge is 0.468 e. The van der Waals surface area contributed by atoms with E-state index < -0.39 is 17.7 Å². The zero-order chi connectivity index (χ0) is 13.9. The number of esters is 1. The Hall–Kier alpha value is -0.940. The number of methoxy groups -OCH3 is 1. The zero-order valence-electron chi connectivity index (χ0n) is 11.6. The van der Waals surface area contributed by atoms with E-state index >= 15 is 0 Å². The van der Waals surface area contributed by atoms with Gasteiger partial charge in [0.15, 0.2) is 11.6 Å². The zero-order valence-corrected chi connectivity index (χ0v) is 11.6. The highest BCUT2D eigenvalue weighted by molar-refractivity contribution is 6.00. The topological polar surface area (TPSA) is 61.8 Å². The molecule has 0 aromatic heterocycles. The van der Waals surface area contributed by atoms with E-state index in [-0.39, 0.29) is 11.7 Å². The number of Topliss-reactive ketones (excluding diaryl/α,β-unsaturated/α-hetero) is 1. The molecule has 108 valence electrons. The number of carbonyl (C=O) groups excluding carboxylic acids is 2. The molecule has 0 aromatic rings. The average Bonchev–Trinajstić information content (AvgIpc) is 2.87. The fourth-order valence-electron chi connectivity index (χ4n) is 3.02. The van der Waals surface area contributed by atoms with E-state index in [1.165, 1.54) is 7.11 Å². The van der Waals surface area contributed by atoms with Crippen LogP contribution < -0.4 is 0 Å². The molecular formula is C14H22O5.